The first-order chi connectivity index (χ1) is 6.22. The van der Waals surface area contributed by atoms with Crippen LogP contribution in [0, 0.1) is 5.82 Å². The standard InChI is InChI=1S/C10H11FO2/c1-13-7-10(12)6-8-3-2-4-9(11)5-8/h2-5H,6-7H2,1H3. The fourth-order valence-corrected chi connectivity index (χ4v) is 1.09. The Morgan fingerprint density at radius 1 is 1.54 bits per heavy atom. The number of hydrogen-bond donors (Lipinski definition) is 0. The number of ketones is 1. The molecule has 0 heterocycles. The maximum absolute atomic E-state index is 12.7. The number of halogens is 1. The van der Waals surface area contributed by atoms with Crippen molar-refractivity contribution in [2.75, 3.05) is 13.7 Å². The van der Waals surface area contributed by atoms with E-state index in [0.717, 1.165) is 0 Å². The molecule has 13 heavy (non-hydrogen) atoms. The largest absolute Gasteiger partial charge is 0.377 e. The maximum Gasteiger partial charge on any atom is 0.162 e. The van der Waals surface area contributed by atoms with Crippen molar-refractivity contribution < 1.29 is 13.9 Å². The van der Waals surface area contributed by atoms with Gasteiger partial charge >= 0.3 is 0 Å². The fourth-order valence-electron chi connectivity index (χ4n) is 1.09. The van der Waals surface area contributed by atoms with E-state index in [2.05, 4.69) is 4.74 Å². The van der Waals surface area contributed by atoms with Crippen LogP contribution in [0.3, 0.4) is 0 Å². The van der Waals surface area contributed by atoms with Crippen LogP contribution in [0.25, 0.3) is 0 Å². The van der Waals surface area contributed by atoms with E-state index in [0.29, 0.717) is 5.56 Å². The Labute approximate surface area is 76.3 Å². The smallest absolute Gasteiger partial charge is 0.162 e. The SMILES string of the molecule is COCC(=O)Cc1cccc(F)c1. The predicted octanol–water partition coefficient (Wildman–Crippen LogP) is 1.58. The van der Waals surface area contributed by atoms with E-state index < -0.39 is 0 Å². The first kappa shape index (κ1) is 9.86. The van der Waals surface area contributed by atoms with Crippen LogP contribution < -0.4 is 0 Å². The first-order valence-corrected chi connectivity index (χ1v) is 3.97. The Bertz CT molecular complexity index is 297. The molecule has 0 unspecified atom stereocenters. The van der Waals surface area contributed by atoms with Crippen LogP contribution in [0.1, 0.15) is 5.56 Å². The number of rotatable bonds is 4. The Hall–Kier alpha value is -1.22. The molecule has 0 aliphatic heterocycles. The van der Waals surface area contributed by atoms with Crippen LogP contribution >= 0.6 is 0 Å². The van der Waals surface area contributed by atoms with Gasteiger partial charge in [-0.3, -0.25) is 4.79 Å². The zero-order valence-corrected chi connectivity index (χ0v) is 7.42. The molecule has 0 radical (unpaired) electrons. The Morgan fingerprint density at radius 2 is 2.31 bits per heavy atom. The lowest BCUT2D eigenvalue weighted by Gasteiger charge is -1.99. The molecule has 3 heteroatoms. The van der Waals surface area contributed by atoms with Gasteiger partial charge in [-0.15, -0.1) is 0 Å². The molecule has 0 aromatic heterocycles. The van der Waals surface area contributed by atoms with Crippen molar-refractivity contribution in [3.05, 3.63) is 35.6 Å². The number of benzene rings is 1. The molecule has 0 bridgehead atoms. The summed E-state index contributed by atoms with van der Waals surface area (Å²) < 4.78 is 17.3. The topological polar surface area (TPSA) is 26.3 Å². The molecule has 0 N–H and O–H groups in total. The van der Waals surface area contributed by atoms with Crippen LogP contribution in [0.5, 0.6) is 0 Å². The highest BCUT2D eigenvalue weighted by molar-refractivity contribution is 5.81. The van der Waals surface area contributed by atoms with Crippen LogP contribution in [0.15, 0.2) is 24.3 Å². The van der Waals surface area contributed by atoms with Crippen molar-refractivity contribution >= 4 is 5.78 Å². The molecule has 0 amide bonds. The van der Waals surface area contributed by atoms with E-state index >= 15 is 0 Å². The highest BCUT2D eigenvalue weighted by Crippen LogP contribution is 2.04. The third kappa shape index (κ3) is 3.34. The lowest BCUT2D eigenvalue weighted by molar-refractivity contribution is -0.121. The normalized spacial score (nSPS) is 10.0. The minimum Gasteiger partial charge on any atom is -0.377 e. The molecule has 0 aliphatic carbocycles. The molecule has 0 spiro atoms. The van der Waals surface area contributed by atoms with Crippen molar-refractivity contribution in [3.8, 4) is 0 Å². The van der Waals surface area contributed by atoms with Crippen LogP contribution in [-0.2, 0) is 16.0 Å². The van der Waals surface area contributed by atoms with E-state index in [1.165, 1.54) is 19.2 Å². The van der Waals surface area contributed by atoms with Gasteiger partial charge in [-0.25, -0.2) is 4.39 Å². The molecule has 0 saturated carbocycles. The average molecular weight is 182 g/mol. The highest BCUT2D eigenvalue weighted by Gasteiger charge is 2.03. The number of carbonyl (C=O) groups excluding carboxylic acids is 1. The molecular formula is C10H11FO2. The summed E-state index contributed by atoms with van der Waals surface area (Å²) in [4.78, 5) is 11.1. The summed E-state index contributed by atoms with van der Waals surface area (Å²) in [5.74, 6) is -0.365. The second-order valence-corrected chi connectivity index (χ2v) is 2.78. The minimum atomic E-state index is -0.317. The Morgan fingerprint density at radius 3 is 2.92 bits per heavy atom. The second-order valence-electron chi connectivity index (χ2n) is 2.78. The van der Waals surface area contributed by atoms with E-state index in [-0.39, 0.29) is 24.6 Å². The van der Waals surface area contributed by atoms with Crippen molar-refractivity contribution in [2.24, 2.45) is 0 Å². The van der Waals surface area contributed by atoms with E-state index in [1.54, 1.807) is 12.1 Å². The number of hydrogen-bond acceptors (Lipinski definition) is 2. The molecule has 1 rings (SSSR count). The first-order valence-electron chi connectivity index (χ1n) is 3.97. The molecule has 1 aromatic carbocycles. The van der Waals surface area contributed by atoms with E-state index in [1.807, 2.05) is 0 Å². The number of ether oxygens (including phenoxy) is 1. The number of carbonyl (C=O) groups is 1. The molecule has 0 saturated heterocycles. The summed E-state index contributed by atoms with van der Waals surface area (Å²) in [5.41, 5.74) is 0.682. The molecule has 2 nitrogen and oxygen atoms in total. The third-order valence-electron chi connectivity index (χ3n) is 1.60. The zero-order valence-electron chi connectivity index (χ0n) is 7.42. The maximum atomic E-state index is 12.7. The quantitative estimate of drug-likeness (QED) is 0.706. The van der Waals surface area contributed by atoms with Gasteiger partial charge in [-0.1, -0.05) is 12.1 Å². The number of Topliss-reactive ketones (excluding diaryl/α,β-unsaturated/α-hetero) is 1. The van der Waals surface area contributed by atoms with Gasteiger partial charge < -0.3 is 4.74 Å². The van der Waals surface area contributed by atoms with Crippen LogP contribution in [-0.4, -0.2) is 19.5 Å². The lowest BCUT2D eigenvalue weighted by atomic mass is 10.1. The third-order valence-corrected chi connectivity index (χ3v) is 1.60. The average Bonchev–Trinajstić information content (AvgIpc) is 2.04. The summed E-state index contributed by atoms with van der Waals surface area (Å²) in [5, 5.41) is 0. The number of methoxy groups -OCH3 is 1. The van der Waals surface area contributed by atoms with Crippen molar-refractivity contribution in [2.45, 2.75) is 6.42 Å². The molecule has 0 aliphatic rings. The van der Waals surface area contributed by atoms with Gasteiger partial charge in [-0.05, 0) is 17.7 Å². The van der Waals surface area contributed by atoms with E-state index in [4.69, 9.17) is 0 Å². The fraction of sp³-hybridized carbons (Fsp3) is 0.300. The van der Waals surface area contributed by atoms with Gasteiger partial charge in [0.15, 0.2) is 5.78 Å². The summed E-state index contributed by atoms with van der Waals surface area (Å²) in [6, 6.07) is 6.01. The Kier molecular flexibility index (Phi) is 3.58. The molecular weight excluding hydrogens is 171 g/mol. The van der Waals surface area contributed by atoms with Crippen LogP contribution in [0.2, 0.25) is 0 Å². The minimum absolute atomic E-state index is 0.0481. The second kappa shape index (κ2) is 4.72. The lowest BCUT2D eigenvalue weighted by Crippen LogP contribution is -2.09. The summed E-state index contributed by atoms with van der Waals surface area (Å²) >= 11 is 0. The van der Waals surface area contributed by atoms with Crippen LogP contribution in [0.4, 0.5) is 4.39 Å². The monoisotopic (exact) mass is 182 g/mol. The van der Waals surface area contributed by atoms with Crippen molar-refractivity contribution in [3.63, 3.8) is 0 Å². The van der Waals surface area contributed by atoms with E-state index in [9.17, 15) is 9.18 Å². The summed E-state index contributed by atoms with van der Waals surface area (Å²) in [7, 11) is 1.46. The molecule has 1 aromatic rings. The van der Waals surface area contributed by atoms with Gasteiger partial charge in [0.05, 0.1) is 0 Å². The summed E-state index contributed by atoms with van der Waals surface area (Å²) in [6.45, 7) is 0.0799. The molecule has 0 atom stereocenters. The molecule has 70 valence electrons. The Balaban J connectivity index is 2.58. The van der Waals surface area contributed by atoms with Crippen molar-refractivity contribution in [1.82, 2.24) is 0 Å². The zero-order chi connectivity index (χ0) is 9.68. The summed E-state index contributed by atoms with van der Waals surface area (Å²) in [6.07, 6.45) is 0.228. The van der Waals surface area contributed by atoms with Gasteiger partial charge in [0.25, 0.3) is 0 Å². The van der Waals surface area contributed by atoms with Gasteiger partial charge in [0.1, 0.15) is 12.4 Å². The molecule has 0 fully saturated rings. The van der Waals surface area contributed by atoms with Crippen molar-refractivity contribution in [1.29, 1.82) is 0 Å². The highest BCUT2D eigenvalue weighted by atomic mass is 19.1. The predicted molar refractivity (Wildman–Crippen MR) is 47.0 cm³/mol. The van der Waals surface area contributed by atoms with Gasteiger partial charge in [0, 0.05) is 13.5 Å². The van der Waals surface area contributed by atoms with Gasteiger partial charge in [0.2, 0.25) is 0 Å². The van der Waals surface area contributed by atoms with Gasteiger partial charge in [-0.2, -0.15) is 0 Å².